The van der Waals surface area contributed by atoms with Crippen LogP contribution in [0.1, 0.15) is 39.5 Å². The third-order valence-electron chi connectivity index (χ3n) is 4.85. The van der Waals surface area contributed by atoms with Crippen molar-refractivity contribution < 1.29 is 4.79 Å². The van der Waals surface area contributed by atoms with Gasteiger partial charge in [-0.15, -0.1) is 0 Å². The molecule has 2 saturated carbocycles. The summed E-state index contributed by atoms with van der Waals surface area (Å²) in [6.45, 7) is 4.69. The van der Waals surface area contributed by atoms with Crippen LogP contribution in [-0.2, 0) is 4.79 Å². The lowest BCUT2D eigenvalue weighted by Gasteiger charge is -2.55. The lowest BCUT2D eigenvalue weighted by Crippen LogP contribution is -2.48. The maximum Gasteiger partial charge on any atom is 0.243 e. The maximum atomic E-state index is 11.4. The SMILES string of the molecule is CC1(C)[C@@H]2CC=C(/C=N\NC(=O)C3CC3)[C@H]1C2. The summed E-state index contributed by atoms with van der Waals surface area (Å²) >= 11 is 0. The summed E-state index contributed by atoms with van der Waals surface area (Å²) in [6.07, 6.45) is 8.67. The average molecular weight is 232 g/mol. The third kappa shape index (κ3) is 1.81. The van der Waals surface area contributed by atoms with E-state index in [0.29, 0.717) is 11.3 Å². The zero-order chi connectivity index (χ0) is 12.0. The number of carbonyl (C=O) groups is 1. The van der Waals surface area contributed by atoms with Gasteiger partial charge in [0.1, 0.15) is 0 Å². The number of rotatable bonds is 3. The van der Waals surface area contributed by atoms with Gasteiger partial charge in [-0.05, 0) is 48.5 Å². The molecule has 1 amide bonds. The topological polar surface area (TPSA) is 41.5 Å². The predicted molar refractivity (Wildman–Crippen MR) is 67.4 cm³/mol. The summed E-state index contributed by atoms with van der Waals surface area (Å²) in [5.74, 6) is 1.81. The Morgan fingerprint density at radius 2 is 2.29 bits per heavy atom. The molecule has 1 N–H and O–H groups in total. The van der Waals surface area contributed by atoms with Crippen molar-refractivity contribution in [2.24, 2.45) is 28.3 Å². The molecule has 4 aliphatic rings. The van der Waals surface area contributed by atoms with E-state index in [2.05, 4.69) is 30.5 Å². The van der Waals surface area contributed by atoms with Gasteiger partial charge in [0.15, 0.2) is 0 Å². The molecule has 2 fully saturated rings. The molecule has 2 bridgehead atoms. The van der Waals surface area contributed by atoms with Crippen LogP contribution >= 0.6 is 0 Å². The van der Waals surface area contributed by atoms with E-state index in [1.165, 1.54) is 18.4 Å². The van der Waals surface area contributed by atoms with Crippen molar-refractivity contribution in [3.05, 3.63) is 11.6 Å². The molecule has 0 aliphatic heterocycles. The molecule has 2 atom stereocenters. The highest BCUT2D eigenvalue weighted by atomic mass is 16.2. The molecule has 92 valence electrons. The molecule has 0 aromatic rings. The summed E-state index contributed by atoms with van der Waals surface area (Å²) < 4.78 is 0. The van der Waals surface area contributed by atoms with Gasteiger partial charge in [0.2, 0.25) is 5.91 Å². The van der Waals surface area contributed by atoms with Crippen LogP contribution in [0.3, 0.4) is 0 Å². The summed E-state index contributed by atoms with van der Waals surface area (Å²) in [7, 11) is 0. The average Bonchev–Trinajstić information content (AvgIpc) is 3.12. The first-order valence-corrected chi connectivity index (χ1v) is 6.62. The first-order chi connectivity index (χ1) is 8.09. The van der Waals surface area contributed by atoms with Gasteiger partial charge in [-0.25, -0.2) is 5.43 Å². The minimum atomic E-state index is 0.0865. The standard InChI is InChI=1S/C14H20N2O/c1-14(2)11-6-5-10(12(14)7-11)8-15-16-13(17)9-3-4-9/h5,8-9,11-12H,3-4,6-7H2,1-2H3,(H,16,17)/b15-8-/t11-,12-/m1/s1. The van der Waals surface area contributed by atoms with Crippen molar-refractivity contribution in [3.63, 3.8) is 0 Å². The van der Waals surface area contributed by atoms with Crippen LogP contribution in [0.25, 0.3) is 0 Å². The number of fused-ring (bicyclic) bond motifs is 1. The second-order valence-electron chi connectivity index (χ2n) is 6.25. The Hall–Kier alpha value is -1.12. The molecule has 0 saturated heterocycles. The second kappa shape index (κ2) is 3.69. The molecule has 4 aliphatic carbocycles. The van der Waals surface area contributed by atoms with Crippen LogP contribution in [-0.4, -0.2) is 12.1 Å². The zero-order valence-electron chi connectivity index (χ0n) is 10.6. The zero-order valence-corrected chi connectivity index (χ0v) is 10.6. The van der Waals surface area contributed by atoms with Crippen LogP contribution in [0.15, 0.2) is 16.8 Å². The van der Waals surface area contributed by atoms with E-state index in [0.717, 1.165) is 18.8 Å². The Morgan fingerprint density at radius 3 is 2.88 bits per heavy atom. The van der Waals surface area contributed by atoms with Crippen LogP contribution in [0.2, 0.25) is 0 Å². The van der Waals surface area contributed by atoms with E-state index in [-0.39, 0.29) is 11.8 Å². The second-order valence-corrected chi connectivity index (χ2v) is 6.25. The Balaban J connectivity index is 1.60. The molecule has 4 rings (SSSR count). The van der Waals surface area contributed by atoms with Crippen molar-refractivity contribution in [2.45, 2.75) is 39.5 Å². The predicted octanol–water partition coefficient (Wildman–Crippen LogP) is 2.49. The van der Waals surface area contributed by atoms with Gasteiger partial charge < -0.3 is 0 Å². The van der Waals surface area contributed by atoms with Crippen LogP contribution in [0.4, 0.5) is 0 Å². The van der Waals surface area contributed by atoms with Crippen molar-refractivity contribution in [3.8, 4) is 0 Å². The smallest absolute Gasteiger partial charge is 0.243 e. The molecule has 0 spiro atoms. The number of hydrogen-bond acceptors (Lipinski definition) is 2. The number of nitrogens with zero attached hydrogens (tertiary/aromatic N) is 1. The van der Waals surface area contributed by atoms with E-state index in [4.69, 9.17) is 0 Å². The third-order valence-corrected chi connectivity index (χ3v) is 4.85. The number of amides is 1. The first-order valence-electron chi connectivity index (χ1n) is 6.62. The van der Waals surface area contributed by atoms with Crippen molar-refractivity contribution >= 4 is 12.1 Å². The maximum absolute atomic E-state index is 11.4. The van der Waals surface area contributed by atoms with Gasteiger partial charge in [0.05, 0.1) is 6.21 Å². The minimum Gasteiger partial charge on any atom is -0.273 e. The summed E-state index contributed by atoms with van der Waals surface area (Å²) in [4.78, 5) is 11.4. The summed E-state index contributed by atoms with van der Waals surface area (Å²) in [5.41, 5.74) is 4.39. The van der Waals surface area contributed by atoms with Crippen molar-refractivity contribution in [2.75, 3.05) is 0 Å². The fraction of sp³-hybridized carbons (Fsp3) is 0.714. The summed E-state index contributed by atoms with van der Waals surface area (Å²) in [6, 6.07) is 0. The Kier molecular flexibility index (Phi) is 2.39. The van der Waals surface area contributed by atoms with Gasteiger partial charge in [0, 0.05) is 5.92 Å². The highest BCUT2D eigenvalue weighted by Gasteiger charge is 2.50. The molecule has 0 aromatic heterocycles. The normalized spacial score (nSPS) is 34.1. The molecular weight excluding hydrogens is 212 g/mol. The summed E-state index contributed by atoms with van der Waals surface area (Å²) in [5, 5.41) is 4.10. The fourth-order valence-corrected chi connectivity index (χ4v) is 3.15. The number of carbonyl (C=O) groups excluding carboxylic acids is 1. The van der Waals surface area contributed by atoms with Crippen molar-refractivity contribution in [1.82, 2.24) is 5.43 Å². The molecule has 0 unspecified atom stereocenters. The fourth-order valence-electron chi connectivity index (χ4n) is 3.15. The van der Waals surface area contributed by atoms with Crippen LogP contribution in [0, 0.1) is 23.2 Å². The Morgan fingerprint density at radius 1 is 1.53 bits per heavy atom. The van der Waals surface area contributed by atoms with Gasteiger partial charge in [-0.3, -0.25) is 4.79 Å². The van der Waals surface area contributed by atoms with Crippen LogP contribution in [0.5, 0.6) is 0 Å². The number of allylic oxidation sites excluding steroid dienone is 2. The van der Waals surface area contributed by atoms with Gasteiger partial charge in [0.25, 0.3) is 0 Å². The molecule has 3 nitrogen and oxygen atoms in total. The lowest BCUT2D eigenvalue weighted by atomic mass is 9.49. The molecule has 0 radical (unpaired) electrons. The van der Waals surface area contributed by atoms with Gasteiger partial charge >= 0.3 is 0 Å². The van der Waals surface area contributed by atoms with Crippen LogP contribution < -0.4 is 5.43 Å². The van der Waals surface area contributed by atoms with E-state index in [1.54, 1.807) is 0 Å². The monoisotopic (exact) mass is 232 g/mol. The Labute approximate surface area is 102 Å². The van der Waals surface area contributed by atoms with Crippen molar-refractivity contribution in [1.29, 1.82) is 0 Å². The molecule has 0 heterocycles. The quantitative estimate of drug-likeness (QED) is 0.589. The molecule has 3 heteroatoms. The number of nitrogens with one attached hydrogen (secondary N) is 1. The van der Waals surface area contributed by atoms with E-state index in [1.807, 2.05) is 6.21 Å². The van der Waals surface area contributed by atoms with E-state index < -0.39 is 0 Å². The molecule has 17 heavy (non-hydrogen) atoms. The minimum absolute atomic E-state index is 0.0865. The van der Waals surface area contributed by atoms with Gasteiger partial charge in [-0.2, -0.15) is 5.10 Å². The molecule has 0 aromatic carbocycles. The van der Waals surface area contributed by atoms with E-state index >= 15 is 0 Å². The number of hydrazone groups is 1. The largest absolute Gasteiger partial charge is 0.273 e. The van der Waals surface area contributed by atoms with E-state index in [9.17, 15) is 4.79 Å². The highest BCUT2D eigenvalue weighted by molar-refractivity contribution is 5.84. The lowest BCUT2D eigenvalue weighted by molar-refractivity contribution is -0.122. The number of hydrogen-bond donors (Lipinski definition) is 1. The first kappa shape index (κ1) is 11.0. The Bertz CT molecular complexity index is 404. The highest BCUT2D eigenvalue weighted by Crippen LogP contribution is 2.58. The van der Waals surface area contributed by atoms with Gasteiger partial charge in [-0.1, -0.05) is 19.9 Å². The molecular formula is C14H20N2O.